The number of hydrogen-bond acceptors (Lipinski definition) is 5. The highest BCUT2D eigenvalue weighted by Crippen LogP contribution is 2.23. The molecule has 0 atom stereocenters. The normalized spacial score (nSPS) is 10.8. The molecule has 0 unspecified atom stereocenters. The average molecular weight is 366 g/mol. The molecule has 0 spiro atoms. The van der Waals surface area contributed by atoms with E-state index in [1.54, 1.807) is 24.1 Å². The summed E-state index contributed by atoms with van der Waals surface area (Å²) in [4.78, 5) is 32.1. The number of H-pyrrole nitrogens is 1. The zero-order chi connectivity index (χ0) is 18.1. The van der Waals surface area contributed by atoms with Crippen molar-refractivity contribution in [3.05, 3.63) is 70.4 Å². The Balaban J connectivity index is 1.58. The molecule has 8 nitrogen and oxygen atoms in total. The first-order chi connectivity index (χ1) is 12.6. The number of amides is 1. The van der Waals surface area contributed by atoms with E-state index in [0.29, 0.717) is 16.4 Å². The van der Waals surface area contributed by atoms with Gasteiger partial charge >= 0.3 is 0 Å². The SMILES string of the molecule is Cn1cc(-n2cc(C(=O)Nc3nc(-c4ccc[nH]4)cs3)ccc2=O)cn1. The first-order valence-electron chi connectivity index (χ1n) is 7.72. The predicted octanol–water partition coefficient (Wildman–Crippen LogP) is 2.27. The molecule has 0 aliphatic carbocycles. The molecule has 0 aliphatic heterocycles. The molecule has 4 heterocycles. The highest BCUT2D eigenvalue weighted by Gasteiger charge is 2.12. The summed E-state index contributed by atoms with van der Waals surface area (Å²) in [5.74, 6) is -0.338. The van der Waals surface area contributed by atoms with Crippen molar-refractivity contribution < 1.29 is 4.79 Å². The Morgan fingerprint density at radius 3 is 2.88 bits per heavy atom. The van der Waals surface area contributed by atoms with Crippen molar-refractivity contribution in [2.24, 2.45) is 7.05 Å². The fraction of sp³-hybridized carbons (Fsp3) is 0.0588. The molecule has 0 radical (unpaired) electrons. The second kappa shape index (κ2) is 6.45. The summed E-state index contributed by atoms with van der Waals surface area (Å²) in [5.41, 5.74) is 2.35. The van der Waals surface area contributed by atoms with E-state index in [1.165, 1.54) is 34.2 Å². The number of carbonyl (C=O) groups is 1. The van der Waals surface area contributed by atoms with E-state index < -0.39 is 0 Å². The van der Waals surface area contributed by atoms with Crippen molar-refractivity contribution in [2.75, 3.05) is 5.32 Å². The summed E-state index contributed by atoms with van der Waals surface area (Å²) in [5, 5.41) is 9.15. The van der Waals surface area contributed by atoms with Crippen molar-refractivity contribution in [3.8, 4) is 17.1 Å². The Kier molecular flexibility index (Phi) is 3.98. The number of carbonyl (C=O) groups excluding carboxylic acids is 1. The van der Waals surface area contributed by atoms with Gasteiger partial charge in [-0.05, 0) is 18.2 Å². The summed E-state index contributed by atoms with van der Waals surface area (Å²) in [6.07, 6.45) is 6.57. The molecule has 0 bridgehead atoms. The molecule has 9 heteroatoms. The highest BCUT2D eigenvalue weighted by molar-refractivity contribution is 7.14. The fourth-order valence-corrected chi connectivity index (χ4v) is 3.18. The molecule has 0 saturated carbocycles. The van der Waals surface area contributed by atoms with Crippen LogP contribution < -0.4 is 10.9 Å². The van der Waals surface area contributed by atoms with Gasteiger partial charge < -0.3 is 4.98 Å². The molecule has 0 aromatic carbocycles. The van der Waals surface area contributed by atoms with E-state index in [0.717, 1.165) is 11.4 Å². The summed E-state index contributed by atoms with van der Waals surface area (Å²) in [6.45, 7) is 0. The maximum atomic E-state index is 12.5. The lowest BCUT2D eigenvalue weighted by Crippen LogP contribution is -2.20. The van der Waals surface area contributed by atoms with Crippen molar-refractivity contribution in [1.29, 1.82) is 0 Å². The van der Waals surface area contributed by atoms with Crippen LogP contribution in [-0.2, 0) is 7.05 Å². The number of aromatic amines is 1. The van der Waals surface area contributed by atoms with Crippen molar-refractivity contribution in [1.82, 2.24) is 24.3 Å². The van der Waals surface area contributed by atoms with Gasteiger partial charge in [-0.15, -0.1) is 11.3 Å². The number of aromatic nitrogens is 5. The number of rotatable bonds is 4. The lowest BCUT2D eigenvalue weighted by Gasteiger charge is -2.06. The van der Waals surface area contributed by atoms with Gasteiger partial charge in [-0.2, -0.15) is 5.10 Å². The number of anilines is 1. The third-order valence-electron chi connectivity index (χ3n) is 3.74. The molecule has 2 N–H and O–H groups in total. The molecule has 0 fully saturated rings. The lowest BCUT2D eigenvalue weighted by molar-refractivity contribution is 0.102. The van der Waals surface area contributed by atoms with Crippen molar-refractivity contribution in [2.45, 2.75) is 0 Å². The van der Waals surface area contributed by atoms with Gasteiger partial charge in [-0.25, -0.2) is 4.98 Å². The molecule has 4 aromatic rings. The van der Waals surface area contributed by atoms with Crippen LogP contribution >= 0.6 is 11.3 Å². The van der Waals surface area contributed by atoms with Crippen LogP contribution in [0.4, 0.5) is 5.13 Å². The van der Waals surface area contributed by atoms with E-state index in [-0.39, 0.29) is 11.5 Å². The molecule has 130 valence electrons. The van der Waals surface area contributed by atoms with Crippen molar-refractivity contribution in [3.63, 3.8) is 0 Å². The van der Waals surface area contributed by atoms with E-state index in [1.807, 2.05) is 23.7 Å². The largest absolute Gasteiger partial charge is 0.360 e. The number of aryl methyl sites for hydroxylation is 1. The zero-order valence-electron chi connectivity index (χ0n) is 13.7. The standard InChI is InChI=1S/C17H14N6O2S/c1-22-9-12(7-19-22)23-8-11(4-5-15(23)24)16(25)21-17-20-14(10-26-17)13-3-2-6-18-13/h2-10,18H,1H3,(H,20,21,25). The van der Waals surface area contributed by atoms with Crippen LogP contribution in [0.25, 0.3) is 17.1 Å². The summed E-state index contributed by atoms with van der Waals surface area (Å²) >= 11 is 1.33. The van der Waals surface area contributed by atoms with Crippen LogP contribution in [0, 0.1) is 0 Å². The number of pyridine rings is 1. The highest BCUT2D eigenvalue weighted by atomic mass is 32.1. The Bertz CT molecular complexity index is 1120. The first kappa shape index (κ1) is 16.0. The fourth-order valence-electron chi connectivity index (χ4n) is 2.47. The second-order valence-electron chi connectivity index (χ2n) is 5.57. The molecule has 4 aromatic heterocycles. The maximum Gasteiger partial charge on any atom is 0.258 e. The molecule has 0 saturated heterocycles. The minimum absolute atomic E-state index is 0.238. The number of hydrogen-bond donors (Lipinski definition) is 2. The molecule has 0 aliphatic rings. The average Bonchev–Trinajstić information content (AvgIpc) is 3.36. The summed E-state index contributed by atoms with van der Waals surface area (Å²) in [6, 6.07) is 6.64. The maximum absolute atomic E-state index is 12.5. The molecular formula is C17H14N6O2S. The van der Waals surface area contributed by atoms with Crippen LogP contribution in [0.1, 0.15) is 10.4 Å². The first-order valence-corrected chi connectivity index (χ1v) is 8.60. The summed E-state index contributed by atoms with van der Waals surface area (Å²) < 4.78 is 2.97. The third-order valence-corrected chi connectivity index (χ3v) is 4.50. The van der Waals surface area contributed by atoms with E-state index in [9.17, 15) is 9.59 Å². The van der Waals surface area contributed by atoms with Crippen LogP contribution in [0.15, 0.2) is 59.2 Å². The van der Waals surface area contributed by atoms with Gasteiger partial charge in [0.2, 0.25) is 0 Å². The monoisotopic (exact) mass is 366 g/mol. The van der Waals surface area contributed by atoms with Gasteiger partial charge in [0, 0.05) is 37.1 Å². The molecular weight excluding hydrogens is 352 g/mol. The Morgan fingerprint density at radius 1 is 1.27 bits per heavy atom. The van der Waals surface area contributed by atoms with Gasteiger partial charge in [0.15, 0.2) is 5.13 Å². The zero-order valence-corrected chi connectivity index (χ0v) is 14.5. The molecule has 4 rings (SSSR count). The van der Waals surface area contributed by atoms with Gasteiger partial charge in [-0.3, -0.25) is 24.2 Å². The molecule has 26 heavy (non-hydrogen) atoms. The molecule has 1 amide bonds. The topological polar surface area (TPSA) is 97.6 Å². The van der Waals surface area contributed by atoms with Gasteiger partial charge in [0.05, 0.1) is 28.8 Å². The van der Waals surface area contributed by atoms with Crippen LogP contribution in [0.5, 0.6) is 0 Å². The minimum atomic E-state index is -0.338. The number of nitrogens with one attached hydrogen (secondary N) is 2. The Morgan fingerprint density at radius 2 is 2.15 bits per heavy atom. The minimum Gasteiger partial charge on any atom is -0.360 e. The second-order valence-corrected chi connectivity index (χ2v) is 6.43. The van der Waals surface area contributed by atoms with Gasteiger partial charge in [0.25, 0.3) is 11.5 Å². The van der Waals surface area contributed by atoms with Crippen LogP contribution in [-0.4, -0.2) is 30.2 Å². The smallest absolute Gasteiger partial charge is 0.258 e. The van der Waals surface area contributed by atoms with E-state index in [4.69, 9.17) is 0 Å². The van der Waals surface area contributed by atoms with Gasteiger partial charge in [-0.1, -0.05) is 0 Å². The number of thiazole rings is 1. The van der Waals surface area contributed by atoms with Crippen LogP contribution in [0.3, 0.4) is 0 Å². The third kappa shape index (κ3) is 3.07. The number of nitrogens with zero attached hydrogens (tertiary/aromatic N) is 4. The Hall–Kier alpha value is -3.46. The Labute approximate surface area is 151 Å². The predicted molar refractivity (Wildman–Crippen MR) is 98.7 cm³/mol. The summed E-state index contributed by atoms with van der Waals surface area (Å²) in [7, 11) is 1.76. The van der Waals surface area contributed by atoms with Crippen LogP contribution in [0.2, 0.25) is 0 Å². The quantitative estimate of drug-likeness (QED) is 0.579. The van der Waals surface area contributed by atoms with Crippen molar-refractivity contribution >= 4 is 22.4 Å². The van der Waals surface area contributed by atoms with Gasteiger partial charge in [0.1, 0.15) is 0 Å². The van der Waals surface area contributed by atoms with E-state index in [2.05, 4.69) is 20.4 Å². The lowest BCUT2D eigenvalue weighted by atomic mass is 10.2. The van der Waals surface area contributed by atoms with E-state index >= 15 is 0 Å².